The lowest BCUT2D eigenvalue weighted by molar-refractivity contribution is -0.135. The Balaban J connectivity index is 2.36. The normalized spacial score (nSPS) is 18.6. The Labute approximate surface area is 80.5 Å². The Morgan fingerprint density at radius 1 is 1.46 bits per heavy atom. The summed E-state index contributed by atoms with van der Waals surface area (Å²) in [6, 6.07) is 0. The molecule has 3 nitrogen and oxygen atoms in total. The highest BCUT2D eigenvalue weighted by molar-refractivity contribution is 5.78. The lowest BCUT2D eigenvalue weighted by Crippen LogP contribution is -2.39. The fraction of sp³-hybridized carbons (Fsp3) is 0.900. The second-order valence-electron chi connectivity index (χ2n) is 3.78. The van der Waals surface area contributed by atoms with Gasteiger partial charge in [-0.2, -0.15) is 0 Å². The van der Waals surface area contributed by atoms with Crippen LogP contribution in [0.5, 0.6) is 0 Å². The average Bonchev–Trinajstić information content (AvgIpc) is 2.18. The minimum Gasteiger partial charge on any atom is -0.346 e. The third-order valence-corrected chi connectivity index (χ3v) is 2.62. The molecule has 0 aliphatic carbocycles. The summed E-state index contributed by atoms with van der Waals surface area (Å²) >= 11 is 0. The third-order valence-electron chi connectivity index (χ3n) is 2.62. The molecule has 0 unspecified atom stereocenters. The van der Waals surface area contributed by atoms with Crippen LogP contribution < -0.4 is 5.32 Å². The van der Waals surface area contributed by atoms with Gasteiger partial charge in [-0.05, 0) is 32.4 Å². The highest BCUT2D eigenvalue weighted by Gasteiger charge is 2.22. The van der Waals surface area contributed by atoms with Crippen molar-refractivity contribution in [2.24, 2.45) is 5.92 Å². The van der Waals surface area contributed by atoms with Gasteiger partial charge in [-0.3, -0.25) is 4.79 Å². The summed E-state index contributed by atoms with van der Waals surface area (Å²) in [5.41, 5.74) is 0. The number of hydrogen-bond acceptors (Lipinski definition) is 2. The van der Waals surface area contributed by atoms with Crippen LogP contribution in [-0.4, -0.2) is 37.5 Å². The number of nitrogens with zero attached hydrogens (tertiary/aromatic N) is 1. The SMILES string of the molecule is CCCN(C)C(=O)C1CCNCC1. The summed E-state index contributed by atoms with van der Waals surface area (Å²) in [5, 5.41) is 3.27. The van der Waals surface area contributed by atoms with Gasteiger partial charge in [0.05, 0.1) is 0 Å². The zero-order valence-corrected chi connectivity index (χ0v) is 8.68. The van der Waals surface area contributed by atoms with Gasteiger partial charge in [0.25, 0.3) is 0 Å². The first kappa shape index (κ1) is 10.5. The molecule has 13 heavy (non-hydrogen) atoms. The van der Waals surface area contributed by atoms with Gasteiger partial charge in [0.1, 0.15) is 0 Å². The van der Waals surface area contributed by atoms with E-state index in [1.54, 1.807) is 0 Å². The predicted molar refractivity (Wildman–Crippen MR) is 53.5 cm³/mol. The first-order valence-corrected chi connectivity index (χ1v) is 5.21. The van der Waals surface area contributed by atoms with Crippen LogP contribution in [0.1, 0.15) is 26.2 Å². The van der Waals surface area contributed by atoms with E-state index in [4.69, 9.17) is 0 Å². The number of hydrogen-bond donors (Lipinski definition) is 1. The molecule has 1 rings (SSSR count). The molecule has 1 saturated heterocycles. The molecule has 1 aliphatic heterocycles. The maximum absolute atomic E-state index is 11.8. The van der Waals surface area contributed by atoms with E-state index >= 15 is 0 Å². The Morgan fingerprint density at radius 3 is 2.62 bits per heavy atom. The van der Waals surface area contributed by atoms with Crippen molar-refractivity contribution in [2.75, 3.05) is 26.7 Å². The van der Waals surface area contributed by atoms with Gasteiger partial charge >= 0.3 is 0 Å². The van der Waals surface area contributed by atoms with Gasteiger partial charge < -0.3 is 10.2 Å². The second kappa shape index (κ2) is 5.22. The molecule has 76 valence electrons. The number of piperidine rings is 1. The summed E-state index contributed by atoms with van der Waals surface area (Å²) in [6.07, 6.45) is 3.06. The summed E-state index contributed by atoms with van der Waals surface area (Å²) < 4.78 is 0. The zero-order valence-electron chi connectivity index (χ0n) is 8.68. The maximum Gasteiger partial charge on any atom is 0.225 e. The highest BCUT2D eigenvalue weighted by Crippen LogP contribution is 2.14. The van der Waals surface area contributed by atoms with E-state index in [1.165, 1.54) is 0 Å². The van der Waals surface area contributed by atoms with E-state index in [2.05, 4.69) is 12.2 Å². The molecule has 0 spiro atoms. The minimum atomic E-state index is 0.276. The van der Waals surface area contributed by atoms with Crippen molar-refractivity contribution < 1.29 is 4.79 Å². The third kappa shape index (κ3) is 2.99. The second-order valence-corrected chi connectivity index (χ2v) is 3.78. The number of carbonyl (C=O) groups is 1. The van der Waals surface area contributed by atoms with Gasteiger partial charge in [-0.1, -0.05) is 6.92 Å². The van der Waals surface area contributed by atoms with Crippen LogP contribution in [0.4, 0.5) is 0 Å². The molecule has 1 N–H and O–H groups in total. The summed E-state index contributed by atoms with van der Waals surface area (Å²) in [6.45, 7) is 4.99. The maximum atomic E-state index is 11.8. The fourth-order valence-corrected chi connectivity index (χ4v) is 1.83. The van der Waals surface area contributed by atoms with Crippen LogP contribution in [0.15, 0.2) is 0 Å². The van der Waals surface area contributed by atoms with E-state index < -0.39 is 0 Å². The topological polar surface area (TPSA) is 32.3 Å². The quantitative estimate of drug-likeness (QED) is 0.705. The van der Waals surface area contributed by atoms with Gasteiger partial charge in [0.2, 0.25) is 5.91 Å². The monoisotopic (exact) mass is 184 g/mol. The first-order chi connectivity index (χ1) is 6.25. The molecule has 0 aromatic carbocycles. The first-order valence-electron chi connectivity index (χ1n) is 5.21. The molecule has 0 saturated carbocycles. The molecule has 3 heteroatoms. The van der Waals surface area contributed by atoms with Crippen LogP contribution >= 0.6 is 0 Å². The van der Waals surface area contributed by atoms with E-state index in [-0.39, 0.29) is 5.92 Å². The lowest BCUT2D eigenvalue weighted by Gasteiger charge is -2.26. The molecule has 0 bridgehead atoms. The number of nitrogens with one attached hydrogen (secondary N) is 1. The fourth-order valence-electron chi connectivity index (χ4n) is 1.83. The predicted octanol–water partition coefficient (Wildman–Crippen LogP) is 0.854. The number of carbonyl (C=O) groups excluding carboxylic acids is 1. The van der Waals surface area contributed by atoms with Crippen molar-refractivity contribution in [1.82, 2.24) is 10.2 Å². The van der Waals surface area contributed by atoms with Crippen molar-refractivity contribution >= 4 is 5.91 Å². The Morgan fingerprint density at radius 2 is 2.08 bits per heavy atom. The molecular weight excluding hydrogens is 164 g/mol. The smallest absolute Gasteiger partial charge is 0.225 e. The molecule has 1 amide bonds. The van der Waals surface area contributed by atoms with E-state index in [1.807, 2.05) is 11.9 Å². The van der Waals surface area contributed by atoms with Crippen LogP contribution in [0.2, 0.25) is 0 Å². The van der Waals surface area contributed by atoms with Crippen molar-refractivity contribution in [2.45, 2.75) is 26.2 Å². The van der Waals surface area contributed by atoms with Crippen molar-refractivity contribution in [3.63, 3.8) is 0 Å². The molecule has 0 radical (unpaired) electrons. The summed E-state index contributed by atoms with van der Waals surface area (Å²) in [5.74, 6) is 0.612. The van der Waals surface area contributed by atoms with Crippen LogP contribution in [0, 0.1) is 5.92 Å². The molecule has 0 aromatic heterocycles. The van der Waals surface area contributed by atoms with Crippen molar-refractivity contribution in [1.29, 1.82) is 0 Å². The van der Waals surface area contributed by atoms with Gasteiger partial charge in [-0.25, -0.2) is 0 Å². The van der Waals surface area contributed by atoms with Crippen LogP contribution in [0.25, 0.3) is 0 Å². The molecule has 0 aromatic rings. The Kier molecular flexibility index (Phi) is 4.22. The van der Waals surface area contributed by atoms with Crippen molar-refractivity contribution in [3.8, 4) is 0 Å². The van der Waals surface area contributed by atoms with E-state index in [0.29, 0.717) is 5.91 Å². The van der Waals surface area contributed by atoms with Crippen LogP contribution in [0.3, 0.4) is 0 Å². The van der Waals surface area contributed by atoms with E-state index in [9.17, 15) is 4.79 Å². The van der Waals surface area contributed by atoms with Gasteiger partial charge in [0, 0.05) is 19.5 Å². The summed E-state index contributed by atoms with van der Waals surface area (Å²) in [4.78, 5) is 13.7. The molecule has 0 atom stereocenters. The Bertz CT molecular complexity index is 164. The average molecular weight is 184 g/mol. The summed E-state index contributed by atoms with van der Waals surface area (Å²) in [7, 11) is 1.91. The van der Waals surface area contributed by atoms with Gasteiger partial charge in [-0.15, -0.1) is 0 Å². The molecular formula is C10H20N2O. The largest absolute Gasteiger partial charge is 0.346 e. The molecule has 1 aliphatic rings. The van der Waals surface area contributed by atoms with E-state index in [0.717, 1.165) is 38.9 Å². The molecule has 1 fully saturated rings. The van der Waals surface area contributed by atoms with Crippen molar-refractivity contribution in [3.05, 3.63) is 0 Å². The highest BCUT2D eigenvalue weighted by atomic mass is 16.2. The number of rotatable bonds is 3. The standard InChI is InChI=1S/C10H20N2O/c1-3-8-12(2)10(13)9-4-6-11-7-5-9/h9,11H,3-8H2,1-2H3. The molecule has 1 heterocycles. The Hall–Kier alpha value is -0.570. The van der Waals surface area contributed by atoms with Crippen LogP contribution in [-0.2, 0) is 4.79 Å². The zero-order chi connectivity index (χ0) is 9.68. The lowest BCUT2D eigenvalue weighted by atomic mass is 9.97. The number of amides is 1. The van der Waals surface area contributed by atoms with Gasteiger partial charge in [0.15, 0.2) is 0 Å². The minimum absolute atomic E-state index is 0.276.